The molecule has 1 saturated carbocycles. The second kappa shape index (κ2) is 2.71. The van der Waals surface area contributed by atoms with E-state index in [9.17, 15) is 0 Å². The fraction of sp³-hybridized carbons (Fsp3) is 1.00. The molecule has 0 saturated heterocycles. The highest BCUT2D eigenvalue weighted by atomic mass is 32.2. The molecular weight excluding hydrogens is 122 g/mol. The minimum absolute atomic E-state index is 0.847. The van der Waals surface area contributed by atoms with Crippen molar-refractivity contribution >= 4 is 11.9 Å². The molecule has 0 spiro atoms. The van der Waals surface area contributed by atoms with Crippen molar-refractivity contribution in [3.8, 4) is 0 Å². The van der Waals surface area contributed by atoms with Crippen LogP contribution in [0.1, 0.15) is 12.8 Å². The normalized spacial score (nSPS) is 19.9. The van der Waals surface area contributed by atoms with Gasteiger partial charge in [-0.15, -0.1) is 4.47 Å². The first-order chi connectivity index (χ1) is 3.83. The number of nitrogens with zero attached hydrogens (tertiary/aromatic N) is 1. The monoisotopic (exact) mass is 133 g/mol. The molecule has 0 atom stereocenters. The van der Waals surface area contributed by atoms with Gasteiger partial charge in [-0.05, 0) is 24.8 Å². The van der Waals surface area contributed by atoms with Gasteiger partial charge < -0.3 is 0 Å². The fourth-order valence-corrected chi connectivity index (χ4v) is 1.28. The van der Waals surface area contributed by atoms with E-state index in [1.165, 1.54) is 12.8 Å². The Balaban J connectivity index is 1.98. The Labute approximate surface area is 54.3 Å². The van der Waals surface area contributed by atoms with Crippen molar-refractivity contribution in [1.29, 1.82) is 0 Å². The molecule has 1 aliphatic rings. The molecule has 0 aromatic heterocycles. The van der Waals surface area contributed by atoms with Crippen LogP contribution in [-0.4, -0.2) is 23.9 Å². The fourth-order valence-electron chi connectivity index (χ4n) is 0.426. The van der Waals surface area contributed by atoms with Gasteiger partial charge in [0, 0.05) is 12.3 Å². The van der Waals surface area contributed by atoms with E-state index in [2.05, 4.69) is 0 Å². The Morgan fingerprint density at radius 3 is 2.62 bits per heavy atom. The lowest BCUT2D eigenvalue weighted by molar-refractivity contribution is -0.0147. The van der Waals surface area contributed by atoms with Gasteiger partial charge in [0.25, 0.3) is 0 Å². The zero-order valence-electron chi connectivity index (χ0n) is 5.26. The van der Waals surface area contributed by atoms with Crippen LogP contribution in [0.4, 0.5) is 0 Å². The molecule has 48 valence electrons. The number of rotatable bonds is 3. The molecule has 0 aromatic carbocycles. The SMILES string of the molecule is CON(C)SC1CC1. The summed E-state index contributed by atoms with van der Waals surface area (Å²) in [5, 5.41) is 0.847. The highest BCUT2D eigenvalue weighted by molar-refractivity contribution is 7.97. The number of hydrogen-bond acceptors (Lipinski definition) is 3. The van der Waals surface area contributed by atoms with Gasteiger partial charge in [-0.2, -0.15) is 0 Å². The summed E-state index contributed by atoms with van der Waals surface area (Å²) < 4.78 is 1.80. The summed E-state index contributed by atoms with van der Waals surface area (Å²) in [5.74, 6) is 0. The molecule has 3 heteroatoms. The van der Waals surface area contributed by atoms with Gasteiger partial charge in [0.15, 0.2) is 0 Å². The maximum absolute atomic E-state index is 4.90. The van der Waals surface area contributed by atoms with Gasteiger partial charge in [0.2, 0.25) is 0 Å². The molecule has 0 amide bonds. The van der Waals surface area contributed by atoms with Crippen molar-refractivity contribution in [1.82, 2.24) is 4.47 Å². The lowest BCUT2D eigenvalue weighted by Gasteiger charge is -2.09. The van der Waals surface area contributed by atoms with Crippen LogP contribution in [0.2, 0.25) is 0 Å². The van der Waals surface area contributed by atoms with E-state index in [1.807, 2.05) is 7.05 Å². The third-order valence-electron chi connectivity index (χ3n) is 1.08. The lowest BCUT2D eigenvalue weighted by atomic mass is 11.0. The highest BCUT2D eigenvalue weighted by Crippen LogP contribution is 2.35. The largest absolute Gasteiger partial charge is 0.292 e. The van der Waals surface area contributed by atoms with Gasteiger partial charge >= 0.3 is 0 Å². The standard InChI is InChI=1S/C5H11NOS/c1-6(7-2)8-5-3-4-5/h5H,3-4H2,1-2H3. The zero-order chi connectivity index (χ0) is 5.98. The predicted octanol–water partition coefficient (Wildman–Crippen LogP) is 1.29. The van der Waals surface area contributed by atoms with Gasteiger partial charge in [-0.1, -0.05) is 0 Å². The van der Waals surface area contributed by atoms with Crippen molar-refractivity contribution in [3.63, 3.8) is 0 Å². The third kappa shape index (κ3) is 2.03. The first-order valence-electron chi connectivity index (χ1n) is 2.77. The molecule has 1 aliphatic carbocycles. The number of hydrogen-bond donors (Lipinski definition) is 0. The van der Waals surface area contributed by atoms with Crippen LogP contribution in [0.3, 0.4) is 0 Å². The second-order valence-electron chi connectivity index (χ2n) is 1.93. The van der Waals surface area contributed by atoms with Gasteiger partial charge in [-0.25, -0.2) is 0 Å². The Morgan fingerprint density at radius 2 is 2.25 bits per heavy atom. The summed E-state index contributed by atoms with van der Waals surface area (Å²) in [5.41, 5.74) is 0. The quantitative estimate of drug-likeness (QED) is 0.425. The van der Waals surface area contributed by atoms with E-state index >= 15 is 0 Å². The van der Waals surface area contributed by atoms with E-state index in [-0.39, 0.29) is 0 Å². The first kappa shape index (κ1) is 6.39. The minimum atomic E-state index is 0.847. The summed E-state index contributed by atoms with van der Waals surface area (Å²) in [6.07, 6.45) is 2.72. The molecule has 0 bridgehead atoms. The van der Waals surface area contributed by atoms with Gasteiger partial charge in [0.05, 0.1) is 7.11 Å². The summed E-state index contributed by atoms with van der Waals surface area (Å²) >= 11 is 1.78. The van der Waals surface area contributed by atoms with Crippen LogP contribution < -0.4 is 0 Å². The van der Waals surface area contributed by atoms with Crippen LogP contribution in [0.15, 0.2) is 0 Å². The molecule has 2 nitrogen and oxygen atoms in total. The van der Waals surface area contributed by atoms with Crippen molar-refractivity contribution in [2.75, 3.05) is 14.2 Å². The molecule has 0 heterocycles. The Morgan fingerprint density at radius 1 is 1.62 bits per heavy atom. The lowest BCUT2D eigenvalue weighted by Crippen LogP contribution is -2.06. The molecule has 0 aromatic rings. The molecule has 0 unspecified atom stereocenters. The average molecular weight is 133 g/mol. The zero-order valence-corrected chi connectivity index (χ0v) is 6.07. The molecular formula is C5H11NOS. The summed E-state index contributed by atoms with van der Waals surface area (Å²) in [4.78, 5) is 4.90. The third-order valence-corrected chi connectivity index (χ3v) is 2.29. The van der Waals surface area contributed by atoms with Crippen molar-refractivity contribution < 1.29 is 4.84 Å². The predicted molar refractivity (Wildman–Crippen MR) is 35.4 cm³/mol. The van der Waals surface area contributed by atoms with E-state index in [0.29, 0.717) is 0 Å². The van der Waals surface area contributed by atoms with Crippen LogP contribution in [0, 0.1) is 0 Å². The summed E-state index contributed by atoms with van der Waals surface area (Å²) in [6.45, 7) is 0. The molecule has 1 fully saturated rings. The topological polar surface area (TPSA) is 12.5 Å². The first-order valence-corrected chi connectivity index (χ1v) is 3.61. The van der Waals surface area contributed by atoms with Gasteiger partial charge in [0.1, 0.15) is 0 Å². The molecule has 0 radical (unpaired) electrons. The second-order valence-corrected chi connectivity index (χ2v) is 3.32. The summed E-state index contributed by atoms with van der Waals surface area (Å²) in [7, 11) is 3.62. The minimum Gasteiger partial charge on any atom is -0.292 e. The van der Waals surface area contributed by atoms with Crippen LogP contribution >= 0.6 is 11.9 Å². The average Bonchev–Trinajstić information content (AvgIpc) is 2.50. The maximum atomic E-state index is 4.90. The van der Waals surface area contributed by atoms with Crippen LogP contribution in [0.25, 0.3) is 0 Å². The maximum Gasteiger partial charge on any atom is 0.0586 e. The van der Waals surface area contributed by atoms with E-state index < -0.39 is 0 Å². The van der Waals surface area contributed by atoms with E-state index in [1.54, 1.807) is 23.5 Å². The van der Waals surface area contributed by atoms with E-state index in [4.69, 9.17) is 4.84 Å². The number of hydroxylamine groups is 1. The van der Waals surface area contributed by atoms with E-state index in [0.717, 1.165) is 5.25 Å². The van der Waals surface area contributed by atoms with Crippen LogP contribution in [-0.2, 0) is 4.84 Å². The Kier molecular flexibility index (Phi) is 2.16. The van der Waals surface area contributed by atoms with Crippen LogP contribution in [0.5, 0.6) is 0 Å². The Bertz CT molecular complexity index is 74.8. The molecule has 1 rings (SSSR count). The smallest absolute Gasteiger partial charge is 0.0586 e. The van der Waals surface area contributed by atoms with Crippen molar-refractivity contribution in [2.24, 2.45) is 0 Å². The van der Waals surface area contributed by atoms with Crippen molar-refractivity contribution in [3.05, 3.63) is 0 Å². The van der Waals surface area contributed by atoms with Crippen molar-refractivity contribution in [2.45, 2.75) is 18.1 Å². The molecule has 0 N–H and O–H groups in total. The summed E-state index contributed by atoms with van der Waals surface area (Å²) in [6, 6.07) is 0. The molecule has 8 heavy (non-hydrogen) atoms. The molecule has 0 aliphatic heterocycles. The highest BCUT2D eigenvalue weighted by Gasteiger charge is 2.23. The Hall–Kier alpha value is 0.270. The van der Waals surface area contributed by atoms with Gasteiger partial charge in [-0.3, -0.25) is 4.84 Å².